The lowest BCUT2D eigenvalue weighted by Gasteiger charge is -2.14. The number of aliphatic carboxylic acids is 1. The molecule has 0 amide bonds. The summed E-state index contributed by atoms with van der Waals surface area (Å²) >= 11 is 0. The van der Waals surface area contributed by atoms with E-state index in [1.54, 1.807) is 18.3 Å². The molecular formula is C16H19N5O3. The van der Waals surface area contributed by atoms with Crippen LogP contribution in [0.5, 0.6) is 0 Å². The Morgan fingerprint density at radius 1 is 1.42 bits per heavy atom. The number of nitrogens with one attached hydrogen (secondary N) is 1. The predicted molar refractivity (Wildman–Crippen MR) is 85.4 cm³/mol. The molecule has 3 aromatic rings. The summed E-state index contributed by atoms with van der Waals surface area (Å²) in [5, 5.41) is 24.7. The molecule has 3 rings (SSSR count). The summed E-state index contributed by atoms with van der Waals surface area (Å²) in [5.74, 6) is -0.422. The number of carboxylic acids is 1. The van der Waals surface area contributed by atoms with Gasteiger partial charge >= 0.3 is 5.97 Å². The van der Waals surface area contributed by atoms with E-state index < -0.39 is 12.0 Å². The van der Waals surface area contributed by atoms with Gasteiger partial charge in [0.2, 0.25) is 0 Å². The van der Waals surface area contributed by atoms with Crippen molar-refractivity contribution >= 4 is 5.97 Å². The SMILES string of the molecule is CC(C)(C)c1cc(-c2cn([C@@H](Cc3ccco3)C(=O)O)nn2)n[nH]1. The molecule has 3 heterocycles. The Hall–Kier alpha value is -2.90. The maximum atomic E-state index is 11.6. The highest BCUT2D eigenvalue weighted by molar-refractivity contribution is 5.72. The summed E-state index contributed by atoms with van der Waals surface area (Å²) in [5.41, 5.74) is 2.06. The Morgan fingerprint density at radius 2 is 2.21 bits per heavy atom. The number of hydrogen-bond acceptors (Lipinski definition) is 5. The largest absolute Gasteiger partial charge is 0.480 e. The first kappa shape index (κ1) is 16.0. The average Bonchev–Trinajstić information content (AvgIpc) is 3.23. The number of H-pyrrole nitrogens is 1. The molecule has 0 radical (unpaired) electrons. The van der Waals surface area contributed by atoms with Gasteiger partial charge in [0.1, 0.15) is 17.1 Å². The monoisotopic (exact) mass is 329 g/mol. The van der Waals surface area contributed by atoms with Crippen molar-refractivity contribution in [2.75, 3.05) is 0 Å². The first-order valence-electron chi connectivity index (χ1n) is 7.58. The van der Waals surface area contributed by atoms with Crippen molar-refractivity contribution < 1.29 is 14.3 Å². The third-order valence-corrected chi connectivity index (χ3v) is 3.74. The summed E-state index contributed by atoms with van der Waals surface area (Å²) < 4.78 is 6.55. The van der Waals surface area contributed by atoms with E-state index >= 15 is 0 Å². The molecule has 0 aliphatic rings. The molecule has 0 saturated carbocycles. The van der Waals surface area contributed by atoms with E-state index in [2.05, 4.69) is 41.3 Å². The van der Waals surface area contributed by atoms with Gasteiger partial charge in [-0.25, -0.2) is 9.48 Å². The Labute approximate surface area is 138 Å². The molecule has 2 N–H and O–H groups in total. The fraction of sp³-hybridized carbons (Fsp3) is 0.375. The Kier molecular flexibility index (Phi) is 3.96. The molecule has 0 unspecified atom stereocenters. The average molecular weight is 329 g/mol. The van der Waals surface area contributed by atoms with Gasteiger partial charge in [0.15, 0.2) is 6.04 Å². The number of aromatic amines is 1. The molecule has 0 aromatic carbocycles. The zero-order valence-corrected chi connectivity index (χ0v) is 13.7. The van der Waals surface area contributed by atoms with Crippen LogP contribution in [-0.2, 0) is 16.6 Å². The van der Waals surface area contributed by atoms with Gasteiger partial charge in [0.05, 0.1) is 12.5 Å². The second-order valence-electron chi connectivity index (χ2n) is 6.64. The zero-order chi connectivity index (χ0) is 17.3. The highest BCUT2D eigenvalue weighted by atomic mass is 16.4. The smallest absolute Gasteiger partial charge is 0.329 e. The van der Waals surface area contributed by atoms with Gasteiger partial charge in [0.25, 0.3) is 0 Å². The summed E-state index contributed by atoms with van der Waals surface area (Å²) in [4.78, 5) is 11.6. The van der Waals surface area contributed by atoms with E-state index in [-0.39, 0.29) is 11.8 Å². The van der Waals surface area contributed by atoms with Gasteiger partial charge < -0.3 is 9.52 Å². The predicted octanol–water partition coefficient (Wildman–Crippen LogP) is 2.43. The van der Waals surface area contributed by atoms with Crippen molar-refractivity contribution in [3.63, 3.8) is 0 Å². The first-order chi connectivity index (χ1) is 11.3. The number of nitrogens with zero attached hydrogens (tertiary/aromatic N) is 4. The van der Waals surface area contributed by atoms with Gasteiger partial charge in [-0.3, -0.25) is 5.10 Å². The first-order valence-corrected chi connectivity index (χ1v) is 7.58. The zero-order valence-electron chi connectivity index (χ0n) is 13.7. The molecule has 8 nitrogen and oxygen atoms in total. The van der Waals surface area contributed by atoms with Crippen molar-refractivity contribution in [3.8, 4) is 11.4 Å². The normalized spacial score (nSPS) is 13.1. The minimum absolute atomic E-state index is 0.0653. The van der Waals surface area contributed by atoms with Crippen LogP contribution >= 0.6 is 0 Å². The highest BCUT2D eigenvalue weighted by Gasteiger charge is 2.24. The van der Waals surface area contributed by atoms with Gasteiger partial charge in [-0.1, -0.05) is 26.0 Å². The maximum Gasteiger partial charge on any atom is 0.329 e. The second kappa shape index (κ2) is 5.95. The van der Waals surface area contributed by atoms with Crippen LogP contribution in [0, 0.1) is 0 Å². The van der Waals surface area contributed by atoms with Crippen molar-refractivity contribution in [2.24, 2.45) is 0 Å². The van der Waals surface area contributed by atoms with Crippen LogP contribution in [0.25, 0.3) is 11.4 Å². The molecule has 0 spiro atoms. The highest BCUT2D eigenvalue weighted by Crippen LogP contribution is 2.24. The molecule has 3 aromatic heterocycles. The van der Waals surface area contributed by atoms with Crippen molar-refractivity contribution in [3.05, 3.63) is 42.1 Å². The van der Waals surface area contributed by atoms with Crippen molar-refractivity contribution in [2.45, 2.75) is 38.6 Å². The summed E-state index contributed by atoms with van der Waals surface area (Å²) in [6.45, 7) is 6.22. The van der Waals surface area contributed by atoms with Gasteiger partial charge in [-0.2, -0.15) is 5.10 Å². The molecule has 1 atom stereocenters. The Morgan fingerprint density at radius 3 is 2.79 bits per heavy atom. The van der Waals surface area contributed by atoms with Crippen LogP contribution in [0.2, 0.25) is 0 Å². The molecular weight excluding hydrogens is 310 g/mol. The third kappa shape index (κ3) is 3.22. The van der Waals surface area contributed by atoms with E-state index in [1.165, 1.54) is 10.9 Å². The van der Waals surface area contributed by atoms with Crippen LogP contribution in [-0.4, -0.2) is 36.3 Å². The minimum atomic E-state index is -1.000. The molecule has 0 aliphatic carbocycles. The lowest BCUT2D eigenvalue weighted by molar-refractivity contribution is -0.141. The second-order valence-corrected chi connectivity index (χ2v) is 6.64. The van der Waals surface area contributed by atoms with Gasteiger partial charge in [-0.15, -0.1) is 5.10 Å². The summed E-state index contributed by atoms with van der Waals surface area (Å²) in [6.07, 6.45) is 3.29. The van der Waals surface area contributed by atoms with Gasteiger partial charge in [-0.05, 0) is 18.2 Å². The van der Waals surface area contributed by atoms with Gasteiger partial charge in [0, 0.05) is 17.5 Å². The number of carbonyl (C=O) groups is 1. The lowest BCUT2D eigenvalue weighted by atomic mass is 9.92. The minimum Gasteiger partial charge on any atom is -0.480 e. The van der Waals surface area contributed by atoms with Crippen molar-refractivity contribution in [1.82, 2.24) is 25.2 Å². The number of rotatable bonds is 5. The van der Waals surface area contributed by atoms with E-state index in [0.29, 0.717) is 17.1 Å². The molecule has 0 fully saturated rings. The van der Waals surface area contributed by atoms with E-state index in [4.69, 9.17) is 4.42 Å². The number of aromatic nitrogens is 5. The van der Waals surface area contributed by atoms with E-state index in [9.17, 15) is 9.90 Å². The van der Waals surface area contributed by atoms with Crippen LogP contribution in [0.15, 0.2) is 35.1 Å². The molecule has 0 saturated heterocycles. The molecule has 8 heteroatoms. The molecule has 0 aliphatic heterocycles. The van der Waals surface area contributed by atoms with E-state index in [1.807, 2.05) is 6.07 Å². The quantitative estimate of drug-likeness (QED) is 0.744. The number of carboxylic acid groups (broad SMARTS) is 1. The lowest BCUT2D eigenvalue weighted by Crippen LogP contribution is -2.21. The molecule has 0 bridgehead atoms. The Balaban J connectivity index is 1.85. The molecule has 126 valence electrons. The topological polar surface area (TPSA) is 110 Å². The third-order valence-electron chi connectivity index (χ3n) is 3.74. The summed E-state index contributed by atoms with van der Waals surface area (Å²) in [7, 11) is 0. The van der Waals surface area contributed by atoms with Crippen LogP contribution in [0.4, 0.5) is 0 Å². The Bertz CT molecular complexity index is 826. The van der Waals surface area contributed by atoms with Crippen molar-refractivity contribution in [1.29, 1.82) is 0 Å². The van der Waals surface area contributed by atoms with Crippen LogP contribution in [0.1, 0.15) is 38.3 Å². The van der Waals surface area contributed by atoms with E-state index in [0.717, 1.165) is 5.69 Å². The standard InChI is InChI=1S/C16H19N5O3/c1-16(2,3)14-8-11(17-19-14)12-9-21(20-18-12)13(15(22)23)7-10-5-4-6-24-10/h4-6,8-9,13H,7H2,1-3H3,(H,17,19)(H,22,23)/t13-/m0/s1. The van der Waals surface area contributed by atoms with Crippen LogP contribution < -0.4 is 0 Å². The number of hydrogen-bond donors (Lipinski definition) is 2. The number of furan rings is 1. The molecule has 24 heavy (non-hydrogen) atoms. The van der Waals surface area contributed by atoms with Crippen LogP contribution in [0.3, 0.4) is 0 Å². The fourth-order valence-corrected chi connectivity index (χ4v) is 2.30. The fourth-order valence-electron chi connectivity index (χ4n) is 2.30. The summed E-state index contributed by atoms with van der Waals surface area (Å²) in [6, 6.07) is 4.46. The maximum absolute atomic E-state index is 11.6.